The molecule has 0 aromatic heterocycles. The van der Waals surface area contributed by atoms with E-state index in [0.717, 1.165) is 35.5 Å². The first-order valence-corrected chi connectivity index (χ1v) is 17.3. The molecule has 1 unspecified atom stereocenters. The summed E-state index contributed by atoms with van der Waals surface area (Å²) >= 11 is 0. The van der Waals surface area contributed by atoms with Gasteiger partial charge in [-0.15, -0.1) is 0 Å². The van der Waals surface area contributed by atoms with Crippen LogP contribution in [0.2, 0.25) is 0 Å². The Balaban J connectivity index is 1.25. The Morgan fingerprint density at radius 3 is 1.78 bits per heavy atom. The van der Waals surface area contributed by atoms with Crippen molar-refractivity contribution in [3.8, 4) is 0 Å². The summed E-state index contributed by atoms with van der Waals surface area (Å²) in [5, 5.41) is 0. The Hall–Kier alpha value is -0.780. The molecule has 3 aliphatic carbocycles. The van der Waals surface area contributed by atoms with Crippen molar-refractivity contribution in [3.63, 3.8) is 0 Å². The molecule has 1 aromatic carbocycles. The van der Waals surface area contributed by atoms with E-state index in [0.29, 0.717) is 0 Å². The summed E-state index contributed by atoms with van der Waals surface area (Å²) in [6, 6.07) is 10.1. The summed E-state index contributed by atoms with van der Waals surface area (Å²) in [4.78, 5) is 0. The Morgan fingerprint density at radius 1 is 0.595 bits per heavy atom. The first kappa shape index (κ1) is 29.2. The zero-order valence-corrected chi connectivity index (χ0v) is 25.0. The Kier molecular flexibility index (Phi) is 12.9. The second-order valence-electron chi connectivity index (χ2n) is 13.9. The van der Waals surface area contributed by atoms with Crippen molar-refractivity contribution in [2.45, 2.75) is 167 Å². The largest absolute Gasteiger partial charge is 0.0654 e. The maximum absolute atomic E-state index is 2.54. The highest BCUT2D eigenvalue weighted by atomic mass is 14.3. The van der Waals surface area contributed by atoms with Crippen molar-refractivity contribution in [2.75, 3.05) is 0 Å². The molecule has 4 rings (SSSR count). The maximum atomic E-state index is 2.54. The van der Waals surface area contributed by atoms with Crippen LogP contribution in [-0.2, 0) is 6.42 Å². The second kappa shape index (κ2) is 16.4. The summed E-state index contributed by atoms with van der Waals surface area (Å²) < 4.78 is 0. The number of hydrogen-bond acceptors (Lipinski definition) is 0. The molecule has 1 atom stereocenters. The highest BCUT2D eigenvalue weighted by Gasteiger charge is 2.27. The third-order valence-electron chi connectivity index (χ3n) is 11.2. The van der Waals surface area contributed by atoms with Gasteiger partial charge in [-0.05, 0) is 85.2 Å². The van der Waals surface area contributed by atoms with E-state index in [-0.39, 0.29) is 0 Å². The predicted octanol–water partition coefficient (Wildman–Crippen LogP) is 12.1. The van der Waals surface area contributed by atoms with Crippen LogP contribution in [0.3, 0.4) is 0 Å². The smallest absolute Gasteiger partial charge is 0.0162 e. The molecule has 0 amide bonds. The van der Waals surface area contributed by atoms with Crippen molar-refractivity contribution < 1.29 is 0 Å². The highest BCUT2D eigenvalue weighted by Crippen LogP contribution is 2.40. The first-order valence-electron chi connectivity index (χ1n) is 17.3. The number of hydrogen-bond donors (Lipinski definition) is 0. The van der Waals surface area contributed by atoms with Gasteiger partial charge in [0.25, 0.3) is 0 Å². The zero-order valence-electron chi connectivity index (χ0n) is 25.0. The Morgan fingerprint density at radius 2 is 1.16 bits per heavy atom. The lowest BCUT2D eigenvalue weighted by Crippen LogP contribution is -2.22. The fourth-order valence-electron chi connectivity index (χ4n) is 8.56. The van der Waals surface area contributed by atoms with Crippen LogP contribution in [0.5, 0.6) is 0 Å². The summed E-state index contributed by atoms with van der Waals surface area (Å²) in [5.41, 5.74) is 3.28. The first-order chi connectivity index (χ1) is 18.2. The molecule has 0 spiro atoms. The van der Waals surface area contributed by atoms with Gasteiger partial charge in [0.2, 0.25) is 0 Å². The Bertz CT molecular complexity index is 694. The van der Waals surface area contributed by atoms with Crippen LogP contribution < -0.4 is 0 Å². The number of unbranched alkanes of at least 4 members (excludes halogenated alkanes) is 3. The molecule has 3 aliphatic rings. The maximum Gasteiger partial charge on any atom is -0.0162 e. The van der Waals surface area contributed by atoms with Gasteiger partial charge in [0.1, 0.15) is 0 Å². The molecule has 3 saturated carbocycles. The lowest BCUT2D eigenvalue weighted by Gasteiger charge is -2.33. The third kappa shape index (κ3) is 9.72. The topological polar surface area (TPSA) is 0 Å². The minimum absolute atomic E-state index is 0.832. The van der Waals surface area contributed by atoms with E-state index in [1.807, 2.05) is 0 Å². The molecule has 0 radical (unpaired) electrons. The molecule has 0 heterocycles. The van der Waals surface area contributed by atoms with E-state index in [9.17, 15) is 0 Å². The van der Waals surface area contributed by atoms with Gasteiger partial charge in [-0.25, -0.2) is 0 Å². The number of benzene rings is 1. The summed E-state index contributed by atoms with van der Waals surface area (Å²) in [5.74, 6) is 5.87. The SMILES string of the molecule is CCCCCC1CCC(CCC(Cc2ccc(C3CCC(CCCC)CC3)cc2)C2CCCCC2)CC1. The molecule has 0 heteroatoms. The van der Waals surface area contributed by atoms with Crippen LogP contribution in [0, 0.1) is 29.6 Å². The molecule has 0 bridgehead atoms. The van der Waals surface area contributed by atoms with E-state index in [1.54, 1.807) is 11.1 Å². The van der Waals surface area contributed by atoms with E-state index in [1.165, 1.54) is 148 Å². The minimum atomic E-state index is 0.832. The van der Waals surface area contributed by atoms with Gasteiger partial charge in [0.15, 0.2) is 0 Å². The van der Waals surface area contributed by atoms with Crippen LogP contribution in [0.25, 0.3) is 0 Å². The molecule has 37 heavy (non-hydrogen) atoms. The van der Waals surface area contributed by atoms with Crippen molar-refractivity contribution in [1.82, 2.24) is 0 Å². The summed E-state index contributed by atoms with van der Waals surface area (Å²) in [6.45, 7) is 4.68. The van der Waals surface area contributed by atoms with Crippen molar-refractivity contribution >= 4 is 0 Å². The van der Waals surface area contributed by atoms with Gasteiger partial charge >= 0.3 is 0 Å². The fraction of sp³-hybridized carbons (Fsp3) is 0.838. The summed E-state index contributed by atoms with van der Waals surface area (Å²) in [6.07, 6.45) is 33.9. The van der Waals surface area contributed by atoms with E-state index in [2.05, 4.69) is 38.1 Å². The molecule has 0 aliphatic heterocycles. The Labute approximate surface area is 232 Å². The molecule has 0 N–H and O–H groups in total. The van der Waals surface area contributed by atoms with Gasteiger partial charge in [0.05, 0.1) is 0 Å². The van der Waals surface area contributed by atoms with Crippen LogP contribution in [-0.4, -0.2) is 0 Å². The normalized spacial score (nSPS) is 28.3. The number of rotatable bonds is 14. The quantitative estimate of drug-likeness (QED) is 0.220. The van der Waals surface area contributed by atoms with E-state index < -0.39 is 0 Å². The van der Waals surface area contributed by atoms with E-state index >= 15 is 0 Å². The van der Waals surface area contributed by atoms with Crippen LogP contribution >= 0.6 is 0 Å². The van der Waals surface area contributed by atoms with Gasteiger partial charge in [0, 0.05) is 0 Å². The lowest BCUT2D eigenvalue weighted by molar-refractivity contribution is 0.196. The standard InChI is InChI=1S/C37H62/c1-3-5-8-12-31-15-17-32(18-16-31)21-28-37(34-13-9-7-10-14-34)29-33-22-26-36(27-23-33)35-24-19-30(20-25-35)11-6-4-2/h22-23,26-27,30-32,34-35,37H,3-21,24-25,28-29H2,1-2H3. The molecule has 0 saturated heterocycles. The average Bonchev–Trinajstić information content (AvgIpc) is 2.96. The zero-order chi connectivity index (χ0) is 25.7. The predicted molar refractivity (Wildman–Crippen MR) is 163 cm³/mol. The lowest BCUT2D eigenvalue weighted by atomic mass is 9.72. The minimum Gasteiger partial charge on any atom is -0.0654 e. The van der Waals surface area contributed by atoms with Gasteiger partial charge in [-0.1, -0.05) is 147 Å². The average molecular weight is 507 g/mol. The summed E-state index contributed by atoms with van der Waals surface area (Å²) in [7, 11) is 0. The molecular weight excluding hydrogens is 444 g/mol. The van der Waals surface area contributed by atoms with E-state index in [4.69, 9.17) is 0 Å². The molecular formula is C37H62. The van der Waals surface area contributed by atoms with Crippen molar-refractivity contribution in [2.24, 2.45) is 29.6 Å². The van der Waals surface area contributed by atoms with Gasteiger partial charge in [-0.2, -0.15) is 0 Å². The fourth-order valence-corrected chi connectivity index (χ4v) is 8.56. The molecule has 1 aromatic rings. The van der Waals surface area contributed by atoms with Crippen molar-refractivity contribution in [3.05, 3.63) is 35.4 Å². The molecule has 210 valence electrons. The second-order valence-corrected chi connectivity index (χ2v) is 13.9. The van der Waals surface area contributed by atoms with Crippen LogP contribution in [0.4, 0.5) is 0 Å². The monoisotopic (exact) mass is 506 g/mol. The molecule has 0 nitrogen and oxygen atoms in total. The van der Waals surface area contributed by atoms with Gasteiger partial charge in [-0.3, -0.25) is 0 Å². The molecule has 3 fully saturated rings. The van der Waals surface area contributed by atoms with Crippen LogP contribution in [0.1, 0.15) is 172 Å². The van der Waals surface area contributed by atoms with Crippen molar-refractivity contribution in [1.29, 1.82) is 0 Å². The van der Waals surface area contributed by atoms with Crippen LogP contribution in [0.15, 0.2) is 24.3 Å². The van der Waals surface area contributed by atoms with Gasteiger partial charge < -0.3 is 0 Å². The third-order valence-corrected chi connectivity index (χ3v) is 11.2. The highest BCUT2D eigenvalue weighted by molar-refractivity contribution is 5.26.